The maximum Gasteiger partial charge on any atom is 0.243 e. The van der Waals surface area contributed by atoms with Crippen molar-refractivity contribution in [1.29, 1.82) is 0 Å². The molecule has 24 heavy (non-hydrogen) atoms. The van der Waals surface area contributed by atoms with Crippen LogP contribution in [0.2, 0.25) is 0 Å². The van der Waals surface area contributed by atoms with Crippen LogP contribution in [-0.2, 0) is 10.0 Å². The quantitative estimate of drug-likeness (QED) is 0.853. The fourth-order valence-corrected chi connectivity index (χ4v) is 5.30. The molecular weight excluding hydrogens is 329 g/mol. The predicted octanol–water partition coefficient (Wildman–Crippen LogP) is 2.88. The highest BCUT2D eigenvalue weighted by molar-refractivity contribution is 7.89. The molecule has 5 nitrogen and oxygen atoms in total. The average Bonchev–Trinajstić information content (AvgIpc) is 3.10. The van der Waals surface area contributed by atoms with Crippen molar-refractivity contribution >= 4 is 10.0 Å². The zero-order valence-electron chi connectivity index (χ0n) is 13.5. The maximum atomic E-state index is 14.5. The van der Waals surface area contributed by atoms with Crippen LogP contribution in [0.1, 0.15) is 31.2 Å². The van der Waals surface area contributed by atoms with E-state index in [0.717, 1.165) is 37.3 Å². The molecule has 1 unspecified atom stereocenters. The standard InChI is InChI=1S/C17H20FN3O2S/c1-12-10-19-20(11-12)17-7-6-14(9-15(17)18)24(22,23)21-8-2-3-16(21)13-4-5-13/h6-7,9-11,13,16H,2-5,8H2,1H3. The Morgan fingerprint density at radius 3 is 2.67 bits per heavy atom. The van der Waals surface area contributed by atoms with Crippen molar-refractivity contribution in [2.45, 2.75) is 43.5 Å². The van der Waals surface area contributed by atoms with Gasteiger partial charge < -0.3 is 0 Å². The summed E-state index contributed by atoms with van der Waals surface area (Å²) in [5.41, 5.74) is 1.16. The second-order valence-electron chi connectivity index (χ2n) is 6.74. The van der Waals surface area contributed by atoms with Crippen LogP contribution >= 0.6 is 0 Å². The van der Waals surface area contributed by atoms with Crippen molar-refractivity contribution in [2.75, 3.05) is 6.54 Å². The Morgan fingerprint density at radius 2 is 2.04 bits per heavy atom. The number of nitrogens with zero attached hydrogens (tertiary/aromatic N) is 3. The molecule has 0 bridgehead atoms. The number of hydrogen-bond acceptors (Lipinski definition) is 3. The normalized spacial score (nSPS) is 22.2. The molecule has 1 aliphatic heterocycles. The van der Waals surface area contributed by atoms with Crippen LogP contribution in [0, 0.1) is 18.7 Å². The summed E-state index contributed by atoms with van der Waals surface area (Å²) in [4.78, 5) is 0.0279. The van der Waals surface area contributed by atoms with Gasteiger partial charge in [0.05, 0.1) is 11.1 Å². The van der Waals surface area contributed by atoms with Gasteiger partial charge in [-0.25, -0.2) is 17.5 Å². The third kappa shape index (κ3) is 2.65. The van der Waals surface area contributed by atoms with Crippen molar-refractivity contribution in [1.82, 2.24) is 14.1 Å². The van der Waals surface area contributed by atoms with E-state index >= 15 is 0 Å². The number of rotatable bonds is 4. The molecule has 1 atom stereocenters. The lowest BCUT2D eigenvalue weighted by Crippen LogP contribution is -2.36. The largest absolute Gasteiger partial charge is 0.243 e. The molecule has 4 rings (SSSR count). The summed E-state index contributed by atoms with van der Waals surface area (Å²) in [5.74, 6) is -0.0974. The van der Waals surface area contributed by atoms with Gasteiger partial charge in [-0.1, -0.05) is 0 Å². The number of sulfonamides is 1. The third-order valence-electron chi connectivity index (χ3n) is 4.90. The van der Waals surface area contributed by atoms with Crippen LogP contribution in [-0.4, -0.2) is 35.1 Å². The van der Waals surface area contributed by atoms with Crippen molar-refractivity contribution in [3.63, 3.8) is 0 Å². The molecule has 1 aromatic heterocycles. The fraction of sp³-hybridized carbons (Fsp3) is 0.471. The Labute approximate surface area is 141 Å². The number of aromatic nitrogens is 2. The van der Waals surface area contributed by atoms with Crippen LogP contribution in [0.25, 0.3) is 5.69 Å². The zero-order valence-corrected chi connectivity index (χ0v) is 14.3. The van der Waals surface area contributed by atoms with E-state index in [1.54, 1.807) is 16.7 Å². The smallest absolute Gasteiger partial charge is 0.238 e. The lowest BCUT2D eigenvalue weighted by Gasteiger charge is -2.24. The van der Waals surface area contributed by atoms with Gasteiger partial charge in [-0.2, -0.15) is 9.40 Å². The van der Waals surface area contributed by atoms with Gasteiger partial charge in [0.1, 0.15) is 11.5 Å². The Balaban J connectivity index is 1.67. The van der Waals surface area contributed by atoms with Gasteiger partial charge in [-0.3, -0.25) is 0 Å². The Morgan fingerprint density at radius 1 is 1.25 bits per heavy atom. The van der Waals surface area contributed by atoms with Crippen LogP contribution in [0.5, 0.6) is 0 Å². The SMILES string of the molecule is Cc1cnn(-c2ccc(S(=O)(=O)N3CCCC3C3CC3)cc2F)c1. The topological polar surface area (TPSA) is 55.2 Å². The van der Waals surface area contributed by atoms with Gasteiger partial charge in [0, 0.05) is 18.8 Å². The van der Waals surface area contributed by atoms with E-state index in [1.165, 1.54) is 16.8 Å². The minimum absolute atomic E-state index is 0.0279. The van der Waals surface area contributed by atoms with E-state index in [9.17, 15) is 12.8 Å². The van der Waals surface area contributed by atoms with Crippen LogP contribution < -0.4 is 0 Å². The van der Waals surface area contributed by atoms with E-state index < -0.39 is 15.8 Å². The lowest BCUT2D eigenvalue weighted by atomic mass is 10.1. The molecule has 1 saturated heterocycles. The molecule has 1 aromatic carbocycles. The van der Waals surface area contributed by atoms with Gasteiger partial charge in [0.15, 0.2) is 0 Å². The predicted molar refractivity (Wildman–Crippen MR) is 87.9 cm³/mol. The molecule has 2 heterocycles. The van der Waals surface area contributed by atoms with Crippen LogP contribution in [0.4, 0.5) is 4.39 Å². The second kappa shape index (κ2) is 5.67. The molecule has 2 aromatic rings. The van der Waals surface area contributed by atoms with E-state index in [-0.39, 0.29) is 16.6 Å². The number of halogens is 1. The summed E-state index contributed by atoms with van der Waals surface area (Å²) in [5, 5.41) is 4.08. The van der Waals surface area contributed by atoms with Gasteiger partial charge >= 0.3 is 0 Å². The number of hydrogen-bond donors (Lipinski definition) is 0. The van der Waals surface area contributed by atoms with Crippen molar-refractivity contribution in [2.24, 2.45) is 5.92 Å². The summed E-state index contributed by atoms with van der Waals surface area (Å²) in [6, 6.07) is 4.17. The summed E-state index contributed by atoms with van der Waals surface area (Å²) in [7, 11) is -3.65. The first-order valence-corrected chi connectivity index (χ1v) is 9.74. The van der Waals surface area contributed by atoms with Crippen molar-refractivity contribution in [3.8, 4) is 5.69 Å². The molecular formula is C17H20FN3O2S. The Bertz CT molecular complexity index is 874. The fourth-order valence-electron chi connectivity index (χ4n) is 3.53. The Hall–Kier alpha value is -1.73. The van der Waals surface area contributed by atoms with E-state index in [0.29, 0.717) is 12.5 Å². The zero-order chi connectivity index (χ0) is 16.9. The number of aryl methyl sites for hydroxylation is 1. The minimum Gasteiger partial charge on any atom is -0.238 e. The molecule has 2 fully saturated rings. The van der Waals surface area contributed by atoms with Gasteiger partial charge in [-0.15, -0.1) is 0 Å². The molecule has 1 saturated carbocycles. The lowest BCUT2D eigenvalue weighted by molar-refractivity contribution is 0.356. The van der Waals surface area contributed by atoms with E-state index in [1.807, 2.05) is 6.92 Å². The first-order valence-electron chi connectivity index (χ1n) is 8.30. The highest BCUT2D eigenvalue weighted by atomic mass is 32.2. The second-order valence-corrected chi connectivity index (χ2v) is 8.63. The van der Waals surface area contributed by atoms with Gasteiger partial charge in [-0.05, 0) is 62.3 Å². The average molecular weight is 349 g/mol. The summed E-state index contributed by atoms with van der Waals surface area (Å²) < 4.78 is 43.3. The molecule has 0 N–H and O–H groups in total. The summed E-state index contributed by atoms with van der Waals surface area (Å²) >= 11 is 0. The molecule has 1 aliphatic carbocycles. The first-order chi connectivity index (χ1) is 11.5. The molecule has 128 valence electrons. The number of benzene rings is 1. The summed E-state index contributed by atoms with van der Waals surface area (Å²) in [6.45, 7) is 2.40. The van der Waals surface area contributed by atoms with E-state index in [2.05, 4.69) is 5.10 Å². The van der Waals surface area contributed by atoms with Crippen LogP contribution in [0.15, 0.2) is 35.5 Å². The molecule has 2 aliphatic rings. The highest BCUT2D eigenvalue weighted by Gasteiger charge is 2.43. The van der Waals surface area contributed by atoms with Gasteiger partial charge in [0.25, 0.3) is 0 Å². The molecule has 0 amide bonds. The molecule has 0 spiro atoms. The highest BCUT2D eigenvalue weighted by Crippen LogP contribution is 2.42. The maximum absolute atomic E-state index is 14.5. The Kier molecular flexibility index (Phi) is 3.73. The first kappa shape index (κ1) is 15.8. The summed E-state index contributed by atoms with van der Waals surface area (Å²) in [6.07, 6.45) is 7.33. The van der Waals surface area contributed by atoms with Crippen molar-refractivity contribution < 1.29 is 12.8 Å². The monoisotopic (exact) mass is 349 g/mol. The minimum atomic E-state index is -3.65. The van der Waals surface area contributed by atoms with Crippen LogP contribution in [0.3, 0.4) is 0 Å². The molecule has 0 radical (unpaired) electrons. The van der Waals surface area contributed by atoms with Crippen molar-refractivity contribution in [3.05, 3.63) is 42.0 Å². The molecule has 7 heteroatoms. The third-order valence-corrected chi connectivity index (χ3v) is 6.82. The van der Waals surface area contributed by atoms with E-state index in [4.69, 9.17) is 0 Å². The van der Waals surface area contributed by atoms with Gasteiger partial charge in [0.2, 0.25) is 10.0 Å².